The molecule has 0 atom stereocenters. The number of anilines is 2. The molecule has 0 aliphatic carbocycles. The van der Waals surface area contributed by atoms with Crippen molar-refractivity contribution in [3.8, 4) is 0 Å². The highest BCUT2D eigenvalue weighted by molar-refractivity contribution is 7.89. The van der Waals surface area contributed by atoms with Gasteiger partial charge in [0.2, 0.25) is 15.9 Å². The number of benzene rings is 2. The number of rotatable bonds is 8. The van der Waals surface area contributed by atoms with E-state index in [2.05, 4.69) is 15.8 Å². The average Bonchev–Trinajstić information content (AvgIpc) is 3.09. The zero-order valence-electron chi connectivity index (χ0n) is 19.4. The lowest BCUT2D eigenvalue weighted by Gasteiger charge is -2.20. The summed E-state index contributed by atoms with van der Waals surface area (Å²) in [6, 6.07) is 13.3. The lowest BCUT2D eigenvalue weighted by Crippen LogP contribution is -2.32. The minimum atomic E-state index is -3.61. The van der Waals surface area contributed by atoms with Crippen molar-refractivity contribution in [1.82, 2.24) is 4.31 Å². The Morgan fingerprint density at radius 3 is 2.26 bits per heavy atom. The number of nitrogens with one attached hydrogen (secondary N) is 2. The molecule has 0 radical (unpaired) electrons. The second-order valence-electron chi connectivity index (χ2n) is 8.10. The van der Waals surface area contributed by atoms with Crippen molar-refractivity contribution < 1.29 is 22.8 Å². The van der Waals surface area contributed by atoms with Crippen molar-refractivity contribution in [3.05, 3.63) is 54.1 Å². The van der Waals surface area contributed by atoms with Crippen molar-refractivity contribution in [3.63, 3.8) is 0 Å². The smallest absolute Gasteiger partial charge is 0.265 e. The maximum atomic E-state index is 13.0. The van der Waals surface area contributed by atoms with Gasteiger partial charge in [-0.1, -0.05) is 36.2 Å². The third kappa shape index (κ3) is 7.13. The Bertz CT molecular complexity index is 1140. The van der Waals surface area contributed by atoms with E-state index in [1.54, 1.807) is 43.3 Å². The fourth-order valence-corrected chi connectivity index (χ4v) is 5.16. The van der Waals surface area contributed by atoms with Crippen molar-refractivity contribution in [2.24, 2.45) is 5.16 Å². The standard InChI is InChI=1S/C24H30N4O5S/c1-18(20-10-12-21(13-11-20)25-19(2)29)27-33-17-24(30)26-22-8-7-9-23(16-22)34(31,32)28-14-5-3-4-6-15-28/h7-13,16H,3-6,14-15,17H2,1-2H3,(H,25,29)(H,26,30)/b27-18+. The molecule has 1 aliphatic rings. The number of carbonyl (C=O) groups is 2. The van der Waals surface area contributed by atoms with Crippen LogP contribution in [0, 0.1) is 0 Å². The van der Waals surface area contributed by atoms with E-state index in [1.807, 2.05) is 0 Å². The lowest BCUT2D eigenvalue weighted by molar-refractivity contribution is -0.120. The summed E-state index contributed by atoms with van der Waals surface area (Å²) in [6.07, 6.45) is 3.78. The Kier molecular flexibility index (Phi) is 8.78. The molecule has 10 heteroatoms. The minimum Gasteiger partial charge on any atom is -0.385 e. The highest BCUT2D eigenvalue weighted by Crippen LogP contribution is 2.22. The van der Waals surface area contributed by atoms with Crippen LogP contribution in [0.3, 0.4) is 0 Å². The molecule has 34 heavy (non-hydrogen) atoms. The normalized spacial score (nSPS) is 15.3. The number of hydrogen-bond acceptors (Lipinski definition) is 6. The van der Waals surface area contributed by atoms with Crippen molar-refractivity contribution in [2.45, 2.75) is 44.4 Å². The number of amides is 2. The molecule has 0 unspecified atom stereocenters. The molecule has 2 aromatic rings. The van der Waals surface area contributed by atoms with E-state index in [0.717, 1.165) is 31.2 Å². The molecule has 0 saturated carbocycles. The Labute approximate surface area is 200 Å². The number of carbonyl (C=O) groups excluding carboxylic acids is 2. The molecular formula is C24H30N4O5S. The zero-order valence-corrected chi connectivity index (χ0v) is 20.2. The first-order chi connectivity index (χ1) is 16.3. The van der Waals surface area contributed by atoms with Crippen LogP contribution in [0.5, 0.6) is 0 Å². The first-order valence-electron chi connectivity index (χ1n) is 11.2. The topological polar surface area (TPSA) is 117 Å². The second-order valence-corrected chi connectivity index (χ2v) is 10.0. The molecule has 2 aromatic carbocycles. The van der Waals surface area contributed by atoms with E-state index < -0.39 is 15.9 Å². The van der Waals surface area contributed by atoms with Gasteiger partial charge in [0.05, 0.1) is 10.6 Å². The van der Waals surface area contributed by atoms with Gasteiger partial charge in [-0.05, 0) is 55.7 Å². The lowest BCUT2D eigenvalue weighted by atomic mass is 10.1. The van der Waals surface area contributed by atoms with Crippen molar-refractivity contribution in [1.29, 1.82) is 0 Å². The van der Waals surface area contributed by atoms with Gasteiger partial charge in [-0.15, -0.1) is 0 Å². The Morgan fingerprint density at radius 1 is 0.941 bits per heavy atom. The van der Waals surface area contributed by atoms with Crippen LogP contribution in [0.25, 0.3) is 0 Å². The van der Waals surface area contributed by atoms with Crippen LogP contribution < -0.4 is 10.6 Å². The fraction of sp³-hybridized carbons (Fsp3) is 0.375. The van der Waals surface area contributed by atoms with Gasteiger partial charge in [-0.25, -0.2) is 8.42 Å². The Morgan fingerprint density at radius 2 is 1.62 bits per heavy atom. The van der Waals surface area contributed by atoms with Crippen LogP contribution in [0.2, 0.25) is 0 Å². The predicted octanol–water partition coefficient (Wildman–Crippen LogP) is 3.59. The largest absolute Gasteiger partial charge is 0.385 e. The summed E-state index contributed by atoms with van der Waals surface area (Å²) in [4.78, 5) is 28.7. The second kappa shape index (κ2) is 11.8. The van der Waals surface area contributed by atoms with Crippen LogP contribution in [0.15, 0.2) is 58.6 Å². The molecule has 0 spiro atoms. The Hall–Kier alpha value is -3.24. The molecule has 1 saturated heterocycles. The van der Waals surface area contributed by atoms with Crippen molar-refractivity contribution >= 4 is 38.9 Å². The molecular weight excluding hydrogens is 456 g/mol. The van der Waals surface area contributed by atoms with E-state index in [-0.39, 0.29) is 17.4 Å². The maximum absolute atomic E-state index is 13.0. The monoisotopic (exact) mass is 486 g/mol. The number of nitrogens with zero attached hydrogens (tertiary/aromatic N) is 2. The van der Waals surface area contributed by atoms with E-state index in [9.17, 15) is 18.0 Å². The molecule has 2 amide bonds. The van der Waals surface area contributed by atoms with Crippen LogP contribution in [0.4, 0.5) is 11.4 Å². The third-order valence-electron chi connectivity index (χ3n) is 5.34. The molecule has 0 bridgehead atoms. The van der Waals surface area contributed by atoms with Crippen LogP contribution in [-0.2, 0) is 24.4 Å². The highest BCUT2D eigenvalue weighted by atomic mass is 32.2. The van der Waals surface area contributed by atoms with Crippen LogP contribution >= 0.6 is 0 Å². The summed E-state index contributed by atoms with van der Waals surface area (Å²) in [5, 5.41) is 9.30. The number of hydrogen-bond donors (Lipinski definition) is 2. The van der Waals surface area contributed by atoms with Crippen LogP contribution in [-0.4, -0.2) is 49.9 Å². The molecule has 3 rings (SSSR count). The molecule has 9 nitrogen and oxygen atoms in total. The first kappa shape index (κ1) is 25.4. The van der Waals surface area contributed by atoms with Crippen LogP contribution in [0.1, 0.15) is 45.1 Å². The summed E-state index contributed by atoms with van der Waals surface area (Å²) in [5.74, 6) is -0.612. The van der Waals surface area contributed by atoms with Gasteiger partial charge in [0, 0.05) is 31.4 Å². The minimum absolute atomic E-state index is 0.155. The summed E-state index contributed by atoms with van der Waals surface area (Å²) in [7, 11) is -3.61. The van der Waals surface area contributed by atoms with E-state index in [1.165, 1.54) is 23.4 Å². The van der Waals surface area contributed by atoms with Gasteiger partial charge in [0.15, 0.2) is 6.61 Å². The summed E-state index contributed by atoms with van der Waals surface area (Å²) in [5.41, 5.74) is 2.39. The van der Waals surface area contributed by atoms with E-state index in [4.69, 9.17) is 4.84 Å². The van der Waals surface area contributed by atoms with Gasteiger partial charge in [0.25, 0.3) is 5.91 Å². The zero-order chi connectivity index (χ0) is 24.6. The molecule has 1 fully saturated rings. The Balaban J connectivity index is 1.56. The molecule has 2 N–H and O–H groups in total. The molecule has 1 heterocycles. The fourth-order valence-electron chi connectivity index (χ4n) is 3.60. The third-order valence-corrected chi connectivity index (χ3v) is 7.24. The summed E-state index contributed by atoms with van der Waals surface area (Å²) >= 11 is 0. The molecule has 1 aliphatic heterocycles. The van der Waals surface area contributed by atoms with Gasteiger partial charge >= 0.3 is 0 Å². The predicted molar refractivity (Wildman–Crippen MR) is 131 cm³/mol. The van der Waals surface area contributed by atoms with Gasteiger partial charge in [-0.2, -0.15) is 4.31 Å². The average molecular weight is 487 g/mol. The van der Waals surface area contributed by atoms with Gasteiger partial charge in [-0.3, -0.25) is 9.59 Å². The summed E-state index contributed by atoms with van der Waals surface area (Å²) < 4.78 is 27.5. The van der Waals surface area contributed by atoms with Gasteiger partial charge < -0.3 is 15.5 Å². The highest BCUT2D eigenvalue weighted by Gasteiger charge is 2.25. The van der Waals surface area contributed by atoms with Crippen molar-refractivity contribution in [2.75, 3.05) is 30.3 Å². The molecule has 182 valence electrons. The quantitative estimate of drug-likeness (QED) is 0.437. The SMILES string of the molecule is CC(=O)Nc1ccc(/C(C)=N/OCC(=O)Nc2cccc(S(=O)(=O)N3CCCCCC3)c2)cc1. The summed E-state index contributed by atoms with van der Waals surface area (Å²) in [6.45, 7) is 3.87. The molecule has 0 aromatic heterocycles. The van der Waals surface area contributed by atoms with E-state index >= 15 is 0 Å². The first-order valence-corrected chi connectivity index (χ1v) is 12.6. The van der Waals surface area contributed by atoms with E-state index in [0.29, 0.717) is 30.2 Å². The number of sulfonamides is 1. The van der Waals surface area contributed by atoms with Gasteiger partial charge in [0.1, 0.15) is 0 Å². The number of oxime groups is 1. The maximum Gasteiger partial charge on any atom is 0.265 e.